The lowest BCUT2D eigenvalue weighted by Gasteiger charge is -2.38. The van der Waals surface area contributed by atoms with Gasteiger partial charge >= 0.3 is 0 Å². The molecule has 0 spiro atoms. The highest BCUT2D eigenvalue weighted by Crippen LogP contribution is 2.32. The van der Waals surface area contributed by atoms with E-state index in [1.807, 2.05) is 0 Å². The van der Waals surface area contributed by atoms with Crippen LogP contribution in [0.4, 0.5) is 10.1 Å². The van der Waals surface area contributed by atoms with E-state index in [2.05, 4.69) is 18.7 Å². The molecule has 18 heavy (non-hydrogen) atoms. The minimum atomic E-state index is -0.634. The second-order valence-corrected chi connectivity index (χ2v) is 5.57. The van der Waals surface area contributed by atoms with Gasteiger partial charge in [-0.05, 0) is 43.4 Å². The molecule has 0 amide bonds. The van der Waals surface area contributed by atoms with Gasteiger partial charge in [-0.2, -0.15) is 0 Å². The fourth-order valence-corrected chi connectivity index (χ4v) is 2.63. The molecule has 3 heteroatoms. The molecule has 1 aromatic carbocycles. The first-order chi connectivity index (χ1) is 8.49. The van der Waals surface area contributed by atoms with Crippen LogP contribution in [0.2, 0.25) is 0 Å². The Labute approximate surface area is 108 Å². The van der Waals surface area contributed by atoms with Crippen LogP contribution in [0, 0.1) is 17.7 Å². The van der Waals surface area contributed by atoms with Gasteiger partial charge in [-0.1, -0.05) is 13.8 Å². The number of aliphatic hydroxyl groups excluding tert-OH is 1. The third-order valence-electron chi connectivity index (χ3n) is 4.11. The molecule has 3 atom stereocenters. The molecule has 1 aliphatic heterocycles. The van der Waals surface area contributed by atoms with Crippen molar-refractivity contribution >= 4 is 5.69 Å². The van der Waals surface area contributed by atoms with Gasteiger partial charge in [0.05, 0.1) is 6.10 Å². The lowest BCUT2D eigenvalue weighted by molar-refractivity contribution is 0.198. The molecular weight excluding hydrogens is 229 g/mol. The van der Waals surface area contributed by atoms with Gasteiger partial charge in [-0.15, -0.1) is 0 Å². The molecule has 0 aliphatic carbocycles. The summed E-state index contributed by atoms with van der Waals surface area (Å²) in [4.78, 5) is 2.27. The number of hydrogen-bond donors (Lipinski definition) is 1. The summed E-state index contributed by atoms with van der Waals surface area (Å²) in [6.45, 7) is 8.18. The van der Waals surface area contributed by atoms with Gasteiger partial charge < -0.3 is 10.0 Å². The van der Waals surface area contributed by atoms with Gasteiger partial charge in [-0.25, -0.2) is 4.39 Å². The number of hydrogen-bond acceptors (Lipinski definition) is 2. The van der Waals surface area contributed by atoms with Crippen molar-refractivity contribution in [2.24, 2.45) is 11.8 Å². The van der Waals surface area contributed by atoms with Crippen molar-refractivity contribution in [1.29, 1.82) is 0 Å². The highest BCUT2D eigenvalue weighted by Gasteiger charge is 2.25. The Hall–Kier alpha value is -1.09. The van der Waals surface area contributed by atoms with Gasteiger partial charge in [0.15, 0.2) is 0 Å². The average Bonchev–Trinajstić information content (AvgIpc) is 2.32. The fourth-order valence-electron chi connectivity index (χ4n) is 2.63. The molecule has 1 heterocycles. The predicted octanol–water partition coefficient (Wildman–Crippen LogP) is 3.36. The number of rotatable bonds is 2. The molecule has 2 unspecified atom stereocenters. The third-order valence-corrected chi connectivity index (χ3v) is 4.11. The molecule has 2 nitrogen and oxygen atoms in total. The van der Waals surface area contributed by atoms with Crippen LogP contribution in [0.5, 0.6) is 0 Å². The van der Waals surface area contributed by atoms with Crippen molar-refractivity contribution in [3.05, 3.63) is 29.6 Å². The highest BCUT2D eigenvalue weighted by molar-refractivity contribution is 5.55. The summed E-state index contributed by atoms with van der Waals surface area (Å²) in [5.74, 6) is 1.08. The molecule has 1 aliphatic rings. The van der Waals surface area contributed by atoms with E-state index < -0.39 is 6.10 Å². The molecule has 0 bridgehead atoms. The van der Waals surface area contributed by atoms with Crippen molar-refractivity contribution in [3.63, 3.8) is 0 Å². The Morgan fingerprint density at radius 2 is 2.06 bits per heavy atom. The minimum Gasteiger partial charge on any atom is -0.389 e. The largest absolute Gasteiger partial charge is 0.389 e. The topological polar surface area (TPSA) is 23.5 Å². The quantitative estimate of drug-likeness (QED) is 0.871. The molecule has 1 saturated heterocycles. The van der Waals surface area contributed by atoms with E-state index in [0.29, 0.717) is 11.5 Å². The predicted molar refractivity (Wildman–Crippen MR) is 72.2 cm³/mol. The zero-order chi connectivity index (χ0) is 13.3. The SMILES string of the molecule is CC1CCN(c2ccc(F)cc2[C@@H](C)O)CC1C. The number of benzene rings is 1. The van der Waals surface area contributed by atoms with Crippen LogP contribution in [-0.4, -0.2) is 18.2 Å². The maximum Gasteiger partial charge on any atom is 0.123 e. The number of anilines is 1. The van der Waals surface area contributed by atoms with E-state index in [4.69, 9.17) is 0 Å². The zero-order valence-corrected chi connectivity index (χ0v) is 11.4. The standard InChI is InChI=1S/C15H22FNO/c1-10-6-7-17(9-11(10)2)15-5-4-13(16)8-14(15)12(3)18/h4-5,8,10-12,18H,6-7,9H2,1-3H3/t10?,11?,12-/m1/s1. The first kappa shape index (κ1) is 13.3. The summed E-state index contributed by atoms with van der Waals surface area (Å²) in [5, 5.41) is 9.78. The molecular formula is C15H22FNO. The smallest absolute Gasteiger partial charge is 0.123 e. The van der Waals surface area contributed by atoms with Crippen molar-refractivity contribution in [3.8, 4) is 0 Å². The van der Waals surface area contributed by atoms with E-state index in [-0.39, 0.29) is 5.82 Å². The molecule has 2 rings (SSSR count). The molecule has 0 aromatic heterocycles. The fraction of sp³-hybridized carbons (Fsp3) is 0.600. The Balaban J connectivity index is 2.28. The molecule has 0 saturated carbocycles. The first-order valence-electron chi connectivity index (χ1n) is 6.71. The lowest BCUT2D eigenvalue weighted by atomic mass is 9.88. The van der Waals surface area contributed by atoms with E-state index in [1.165, 1.54) is 12.1 Å². The first-order valence-corrected chi connectivity index (χ1v) is 6.71. The molecule has 1 N–H and O–H groups in total. The summed E-state index contributed by atoms with van der Waals surface area (Å²) < 4.78 is 13.3. The number of nitrogens with zero attached hydrogens (tertiary/aromatic N) is 1. The Morgan fingerprint density at radius 3 is 2.67 bits per heavy atom. The van der Waals surface area contributed by atoms with Crippen LogP contribution in [0.1, 0.15) is 38.9 Å². The number of halogens is 1. The van der Waals surface area contributed by atoms with Crippen LogP contribution in [-0.2, 0) is 0 Å². The maximum absolute atomic E-state index is 13.3. The normalized spacial score (nSPS) is 26.2. The highest BCUT2D eigenvalue weighted by atomic mass is 19.1. The average molecular weight is 251 g/mol. The summed E-state index contributed by atoms with van der Waals surface area (Å²) in [7, 11) is 0. The van der Waals surface area contributed by atoms with Crippen LogP contribution in [0.15, 0.2) is 18.2 Å². The van der Waals surface area contributed by atoms with Crippen LogP contribution in [0.25, 0.3) is 0 Å². The second kappa shape index (κ2) is 5.27. The molecule has 100 valence electrons. The Kier molecular flexibility index (Phi) is 3.91. The van der Waals surface area contributed by atoms with Crippen molar-refractivity contribution in [1.82, 2.24) is 0 Å². The van der Waals surface area contributed by atoms with Gasteiger partial charge in [0.1, 0.15) is 5.82 Å². The van der Waals surface area contributed by atoms with E-state index >= 15 is 0 Å². The molecule has 0 radical (unpaired) electrons. The Bertz CT molecular complexity index is 419. The number of piperidine rings is 1. The summed E-state index contributed by atoms with van der Waals surface area (Å²) in [5.41, 5.74) is 1.67. The second-order valence-electron chi connectivity index (χ2n) is 5.57. The van der Waals surface area contributed by atoms with Crippen LogP contribution in [0.3, 0.4) is 0 Å². The number of aliphatic hydroxyl groups is 1. The summed E-state index contributed by atoms with van der Waals surface area (Å²) in [6.07, 6.45) is 0.517. The minimum absolute atomic E-state index is 0.284. The van der Waals surface area contributed by atoms with Crippen molar-refractivity contribution < 1.29 is 9.50 Å². The van der Waals surface area contributed by atoms with Gasteiger partial charge in [0.25, 0.3) is 0 Å². The molecule has 1 aromatic rings. The van der Waals surface area contributed by atoms with Gasteiger partial charge in [0.2, 0.25) is 0 Å². The van der Waals surface area contributed by atoms with Crippen LogP contribution < -0.4 is 4.90 Å². The lowest BCUT2D eigenvalue weighted by Crippen LogP contribution is -2.39. The van der Waals surface area contributed by atoms with Crippen LogP contribution >= 0.6 is 0 Å². The monoisotopic (exact) mass is 251 g/mol. The third kappa shape index (κ3) is 2.66. The zero-order valence-electron chi connectivity index (χ0n) is 11.4. The van der Waals surface area contributed by atoms with Gasteiger partial charge in [-0.3, -0.25) is 0 Å². The summed E-state index contributed by atoms with van der Waals surface area (Å²) >= 11 is 0. The Morgan fingerprint density at radius 1 is 1.33 bits per heavy atom. The van der Waals surface area contributed by atoms with Crippen molar-refractivity contribution in [2.45, 2.75) is 33.3 Å². The van der Waals surface area contributed by atoms with Crippen molar-refractivity contribution in [2.75, 3.05) is 18.0 Å². The maximum atomic E-state index is 13.3. The van der Waals surface area contributed by atoms with E-state index in [9.17, 15) is 9.50 Å². The van der Waals surface area contributed by atoms with Gasteiger partial charge in [0, 0.05) is 24.3 Å². The van der Waals surface area contributed by atoms with E-state index in [1.54, 1.807) is 13.0 Å². The van der Waals surface area contributed by atoms with E-state index in [0.717, 1.165) is 31.1 Å². The summed E-state index contributed by atoms with van der Waals surface area (Å²) in [6, 6.07) is 4.71. The molecule has 1 fully saturated rings.